The van der Waals surface area contributed by atoms with Gasteiger partial charge in [0.15, 0.2) is 11.5 Å². The van der Waals surface area contributed by atoms with Crippen LogP contribution in [-0.2, 0) is 4.74 Å². The van der Waals surface area contributed by atoms with Crippen molar-refractivity contribution < 1.29 is 9.53 Å². The zero-order chi connectivity index (χ0) is 26.5. The molecular formula is C27H29N9O2. The third-order valence-corrected chi connectivity index (χ3v) is 6.14. The van der Waals surface area contributed by atoms with Crippen LogP contribution in [0.5, 0.6) is 0 Å². The fraction of sp³-hybridized carbons (Fsp3) is 0.259. The SMILES string of the molecule is COC(=O)c1cc(Nc2ccnc(Nc3ccc(N4CCN(C)CC4)cc3)n2)nc(-c2cccc(C)n2)n1. The summed E-state index contributed by atoms with van der Waals surface area (Å²) < 4.78 is 4.88. The van der Waals surface area contributed by atoms with Crippen LogP contribution in [0.3, 0.4) is 0 Å². The number of carbonyl (C=O) groups excluding carboxylic acids is 1. The summed E-state index contributed by atoms with van der Waals surface area (Å²) in [4.78, 5) is 39.2. The molecule has 4 heterocycles. The maximum Gasteiger partial charge on any atom is 0.356 e. The van der Waals surface area contributed by atoms with Gasteiger partial charge in [-0.2, -0.15) is 4.98 Å². The lowest BCUT2D eigenvalue weighted by Gasteiger charge is -2.34. The summed E-state index contributed by atoms with van der Waals surface area (Å²) in [6.07, 6.45) is 1.64. The maximum atomic E-state index is 12.3. The molecule has 11 nitrogen and oxygen atoms in total. The van der Waals surface area contributed by atoms with Crippen molar-refractivity contribution in [2.75, 3.05) is 55.9 Å². The molecule has 1 saturated heterocycles. The fourth-order valence-electron chi connectivity index (χ4n) is 4.07. The zero-order valence-corrected chi connectivity index (χ0v) is 21.5. The lowest BCUT2D eigenvalue weighted by Crippen LogP contribution is -2.44. The lowest BCUT2D eigenvalue weighted by atomic mass is 10.2. The molecule has 3 aromatic heterocycles. The van der Waals surface area contributed by atoms with Gasteiger partial charge in [-0.05, 0) is 56.4 Å². The predicted molar refractivity (Wildman–Crippen MR) is 146 cm³/mol. The second-order valence-corrected chi connectivity index (χ2v) is 8.97. The number of aryl methyl sites for hydroxylation is 1. The first-order chi connectivity index (χ1) is 18.5. The van der Waals surface area contributed by atoms with Gasteiger partial charge in [-0.15, -0.1) is 0 Å². The van der Waals surface area contributed by atoms with Crippen molar-refractivity contribution in [1.29, 1.82) is 0 Å². The number of hydrogen-bond donors (Lipinski definition) is 2. The minimum atomic E-state index is -0.575. The number of nitrogens with one attached hydrogen (secondary N) is 2. The van der Waals surface area contributed by atoms with E-state index in [1.807, 2.05) is 31.2 Å². The Hall–Kier alpha value is -4.64. The summed E-state index contributed by atoms with van der Waals surface area (Å²) >= 11 is 0. The van der Waals surface area contributed by atoms with Crippen molar-refractivity contribution in [2.45, 2.75) is 6.92 Å². The second-order valence-electron chi connectivity index (χ2n) is 8.97. The molecule has 11 heteroatoms. The monoisotopic (exact) mass is 511 g/mol. The van der Waals surface area contributed by atoms with Gasteiger partial charge in [0.1, 0.15) is 17.3 Å². The molecule has 0 spiro atoms. The van der Waals surface area contributed by atoms with Gasteiger partial charge in [-0.1, -0.05) is 6.07 Å². The number of carbonyl (C=O) groups is 1. The van der Waals surface area contributed by atoms with Crippen molar-refractivity contribution in [1.82, 2.24) is 29.8 Å². The number of anilines is 5. The van der Waals surface area contributed by atoms with E-state index in [9.17, 15) is 4.79 Å². The highest BCUT2D eigenvalue weighted by Gasteiger charge is 2.16. The highest BCUT2D eigenvalue weighted by molar-refractivity contribution is 5.88. The minimum Gasteiger partial charge on any atom is -0.464 e. The number of hydrogen-bond acceptors (Lipinski definition) is 11. The molecule has 2 N–H and O–H groups in total. The van der Waals surface area contributed by atoms with E-state index in [4.69, 9.17) is 4.74 Å². The molecule has 1 aliphatic heterocycles. The van der Waals surface area contributed by atoms with Crippen LogP contribution in [0.2, 0.25) is 0 Å². The highest BCUT2D eigenvalue weighted by Crippen LogP contribution is 2.23. The molecule has 0 atom stereocenters. The van der Waals surface area contributed by atoms with Gasteiger partial charge in [0, 0.05) is 55.5 Å². The second kappa shape index (κ2) is 11.2. The van der Waals surface area contributed by atoms with Crippen molar-refractivity contribution in [3.05, 3.63) is 72.2 Å². The quantitative estimate of drug-likeness (QED) is 0.354. The molecule has 0 radical (unpaired) electrons. The topological polar surface area (TPSA) is 121 Å². The summed E-state index contributed by atoms with van der Waals surface area (Å²) in [5.41, 5.74) is 3.54. The lowest BCUT2D eigenvalue weighted by molar-refractivity contribution is 0.0594. The molecule has 1 aromatic carbocycles. The molecule has 1 aliphatic rings. The van der Waals surface area contributed by atoms with E-state index in [-0.39, 0.29) is 5.69 Å². The molecule has 0 unspecified atom stereocenters. The van der Waals surface area contributed by atoms with Gasteiger partial charge in [0.25, 0.3) is 0 Å². The van der Waals surface area contributed by atoms with E-state index in [0.717, 1.165) is 37.6 Å². The number of benzene rings is 1. The van der Waals surface area contributed by atoms with Crippen molar-refractivity contribution >= 4 is 34.9 Å². The number of pyridine rings is 1. The van der Waals surface area contributed by atoms with Crippen LogP contribution >= 0.6 is 0 Å². The molecule has 5 rings (SSSR count). The van der Waals surface area contributed by atoms with Crippen LogP contribution < -0.4 is 15.5 Å². The van der Waals surface area contributed by atoms with E-state index < -0.39 is 5.97 Å². The Morgan fingerprint density at radius 2 is 1.68 bits per heavy atom. The molecule has 0 aliphatic carbocycles. The summed E-state index contributed by atoms with van der Waals surface area (Å²) in [5, 5.41) is 6.39. The van der Waals surface area contributed by atoms with Crippen LogP contribution in [0.1, 0.15) is 16.2 Å². The number of ether oxygens (including phenoxy) is 1. The minimum absolute atomic E-state index is 0.108. The number of esters is 1. The van der Waals surface area contributed by atoms with E-state index >= 15 is 0 Å². The molecule has 0 bridgehead atoms. The number of nitrogens with zero attached hydrogens (tertiary/aromatic N) is 7. The van der Waals surface area contributed by atoms with E-state index in [2.05, 4.69) is 64.5 Å². The molecular weight excluding hydrogens is 482 g/mol. The average molecular weight is 512 g/mol. The Morgan fingerprint density at radius 1 is 0.895 bits per heavy atom. The Balaban J connectivity index is 1.33. The smallest absolute Gasteiger partial charge is 0.356 e. The number of aromatic nitrogens is 5. The van der Waals surface area contributed by atoms with E-state index in [0.29, 0.717) is 29.1 Å². The Morgan fingerprint density at radius 3 is 2.42 bits per heavy atom. The van der Waals surface area contributed by atoms with Crippen LogP contribution in [0.25, 0.3) is 11.5 Å². The van der Waals surface area contributed by atoms with Gasteiger partial charge in [0.05, 0.1) is 7.11 Å². The van der Waals surface area contributed by atoms with Gasteiger partial charge in [-0.3, -0.25) is 0 Å². The number of rotatable bonds is 7. The normalized spacial score (nSPS) is 13.7. The summed E-state index contributed by atoms with van der Waals surface area (Å²) in [7, 11) is 3.46. The van der Waals surface area contributed by atoms with E-state index in [1.54, 1.807) is 18.3 Å². The van der Waals surface area contributed by atoms with Crippen molar-refractivity contribution in [3.63, 3.8) is 0 Å². The first kappa shape index (κ1) is 25.0. The summed E-state index contributed by atoms with van der Waals surface area (Å²) in [6, 6.07) is 17.0. The Kier molecular flexibility index (Phi) is 7.36. The standard InChI is InChI=1S/C27H29N9O2/c1-18-5-4-6-21(29-18)25-31-22(26(37)38-3)17-24(33-25)32-23-11-12-28-27(34-23)30-19-7-9-20(10-8-19)36-15-13-35(2)14-16-36/h4-12,17H,13-16H2,1-3H3,(H2,28,30,31,32,33,34). The van der Waals surface area contributed by atoms with Crippen LogP contribution in [0.15, 0.2) is 60.8 Å². The third kappa shape index (κ3) is 6.01. The molecule has 38 heavy (non-hydrogen) atoms. The summed E-state index contributed by atoms with van der Waals surface area (Å²) in [6.45, 7) is 6.03. The Labute approximate surface area is 221 Å². The van der Waals surface area contributed by atoms with Crippen LogP contribution in [0, 0.1) is 6.92 Å². The molecule has 194 valence electrons. The van der Waals surface area contributed by atoms with E-state index in [1.165, 1.54) is 18.9 Å². The van der Waals surface area contributed by atoms with Crippen molar-refractivity contribution in [2.24, 2.45) is 0 Å². The number of methoxy groups -OCH3 is 1. The first-order valence-electron chi connectivity index (χ1n) is 12.3. The van der Waals surface area contributed by atoms with Gasteiger partial charge < -0.3 is 25.2 Å². The maximum absolute atomic E-state index is 12.3. The average Bonchev–Trinajstić information content (AvgIpc) is 2.93. The third-order valence-electron chi connectivity index (χ3n) is 6.14. The largest absolute Gasteiger partial charge is 0.464 e. The van der Waals surface area contributed by atoms with Gasteiger partial charge in [0.2, 0.25) is 5.95 Å². The zero-order valence-electron chi connectivity index (χ0n) is 21.5. The summed E-state index contributed by atoms with van der Waals surface area (Å²) in [5.74, 6) is 1.01. The van der Waals surface area contributed by atoms with Crippen LogP contribution in [-0.4, -0.2) is 76.1 Å². The van der Waals surface area contributed by atoms with Crippen LogP contribution in [0.4, 0.5) is 29.0 Å². The Bertz CT molecular complexity index is 1420. The number of piperazine rings is 1. The number of likely N-dealkylation sites (N-methyl/N-ethyl adjacent to an activating group) is 1. The highest BCUT2D eigenvalue weighted by atomic mass is 16.5. The van der Waals surface area contributed by atoms with Gasteiger partial charge in [-0.25, -0.2) is 24.7 Å². The fourth-order valence-corrected chi connectivity index (χ4v) is 4.07. The van der Waals surface area contributed by atoms with Gasteiger partial charge >= 0.3 is 5.97 Å². The molecule has 1 fully saturated rings. The predicted octanol–water partition coefficient (Wildman–Crippen LogP) is 3.66. The van der Waals surface area contributed by atoms with Crippen molar-refractivity contribution in [3.8, 4) is 11.5 Å². The molecule has 0 amide bonds. The molecule has 0 saturated carbocycles. The first-order valence-corrected chi connectivity index (χ1v) is 12.3. The molecule has 4 aromatic rings.